The fourth-order valence-corrected chi connectivity index (χ4v) is 1.12. The Morgan fingerprint density at radius 3 is 1.22 bits per heavy atom. The summed E-state index contributed by atoms with van der Waals surface area (Å²) in [6, 6.07) is 0. The van der Waals surface area contributed by atoms with Gasteiger partial charge < -0.3 is 0 Å². The van der Waals surface area contributed by atoms with Crippen molar-refractivity contribution in [2.24, 2.45) is 5.92 Å². The lowest BCUT2D eigenvalue weighted by molar-refractivity contribution is -0.550. The maximum absolute atomic E-state index is 5.55. The minimum atomic E-state index is -0.888. The lowest BCUT2D eigenvalue weighted by Gasteiger charge is -2.37. The van der Waals surface area contributed by atoms with E-state index in [0.29, 0.717) is 6.42 Å². The molecule has 0 saturated heterocycles. The van der Waals surface area contributed by atoms with Gasteiger partial charge >= 0.3 is 0 Å². The van der Waals surface area contributed by atoms with Gasteiger partial charge in [-0.1, -0.05) is 20.8 Å². The van der Waals surface area contributed by atoms with Crippen LogP contribution in [0.4, 0.5) is 0 Å². The van der Waals surface area contributed by atoms with Crippen LogP contribution in [0.1, 0.15) is 68.7 Å². The van der Waals surface area contributed by atoms with Crippen LogP contribution in [0, 0.1) is 5.92 Å². The van der Waals surface area contributed by atoms with Crippen LogP contribution in [-0.2, 0) is 19.6 Å². The smallest absolute Gasteiger partial charge is 0.228 e. The molecule has 0 spiro atoms. The normalized spacial score (nSPS) is 14.3. The average molecular weight is 262 g/mol. The number of hydrogen-bond donors (Lipinski definition) is 0. The van der Waals surface area contributed by atoms with Crippen LogP contribution in [0.2, 0.25) is 0 Å². The zero-order chi connectivity index (χ0) is 14.6. The van der Waals surface area contributed by atoms with E-state index in [4.69, 9.17) is 19.6 Å². The molecule has 0 aliphatic heterocycles. The van der Waals surface area contributed by atoms with Crippen molar-refractivity contribution >= 4 is 0 Å². The molecule has 0 aromatic rings. The van der Waals surface area contributed by atoms with Gasteiger partial charge in [-0.2, -0.15) is 9.78 Å². The van der Waals surface area contributed by atoms with Crippen LogP contribution in [0.25, 0.3) is 0 Å². The van der Waals surface area contributed by atoms with E-state index in [-0.39, 0.29) is 17.1 Å². The Bertz CT molecular complexity index is 217. The van der Waals surface area contributed by atoms with Crippen LogP contribution in [0.3, 0.4) is 0 Å². The highest BCUT2D eigenvalue weighted by Gasteiger charge is 2.40. The third-order valence-corrected chi connectivity index (χ3v) is 2.24. The van der Waals surface area contributed by atoms with Crippen LogP contribution in [0.5, 0.6) is 0 Å². The summed E-state index contributed by atoms with van der Waals surface area (Å²) in [5, 5.41) is 0. The van der Waals surface area contributed by atoms with E-state index < -0.39 is 5.79 Å². The molecule has 4 heteroatoms. The Morgan fingerprint density at radius 1 is 0.722 bits per heavy atom. The van der Waals surface area contributed by atoms with E-state index in [1.54, 1.807) is 0 Å². The van der Waals surface area contributed by atoms with Crippen molar-refractivity contribution < 1.29 is 19.6 Å². The average Bonchev–Trinajstić information content (AvgIpc) is 2.15. The maximum atomic E-state index is 5.55. The second kappa shape index (κ2) is 6.33. The molecule has 0 aliphatic carbocycles. The monoisotopic (exact) mass is 262 g/mol. The molecule has 0 aromatic carbocycles. The van der Waals surface area contributed by atoms with E-state index in [1.165, 1.54) is 0 Å². The van der Waals surface area contributed by atoms with Crippen molar-refractivity contribution in [1.29, 1.82) is 0 Å². The first-order valence-corrected chi connectivity index (χ1v) is 6.65. The van der Waals surface area contributed by atoms with E-state index in [9.17, 15) is 0 Å². The standard InChI is InChI=1S/C14H30O4/c1-10-14(11(2)3,17-15-12(4,5)6)18-16-13(7,8)9/h11H,10H2,1-9H3. The van der Waals surface area contributed by atoms with Crippen LogP contribution in [-0.4, -0.2) is 17.0 Å². The lowest BCUT2D eigenvalue weighted by Crippen LogP contribution is -2.44. The van der Waals surface area contributed by atoms with Crippen molar-refractivity contribution in [3.63, 3.8) is 0 Å². The van der Waals surface area contributed by atoms with Gasteiger partial charge in [0.05, 0.1) is 11.2 Å². The molecule has 18 heavy (non-hydrogen) atoms. The molecule has 0 atom stereocenters. The first kappa shape index (κ1) is 17.8. The molecule has 0 amide bonds. The zero-order valence-electron chi connectivity index (χ0n) is 13.4. The molecule has 0 rings (SSSR count). The van der Waals surface area contributed by atoms with Gasteiger partial charge in [0.15, 0.2) is 0 Å². The molecule has 0 radical (unpaired) electrons. The Hall–Kier alpha value is -0.160. The van der Waals surface area contributed by atoms with Gasteiger partial charge in [0.2, 0.25) is 5.79 Å². The molecule has 0 saturated carbocycles. The molecular weight excluding hydrogens is 232 g/mol. The minimum absolute atomic E-state index is 0.104. The highest BCUT2D eigenvalue weighted by molar-refractivity contribution is 4.70. The predicted octanol–water partition coefficient (Wildman–Crippen LogP) is 4.24. The molecule has 0 aromatic heterocycles. The van der Waals surface area contributed by atoms with E-state index in [2.05, 4.69) is 0 Å². The molecule has 4 nitrogen and oxygen atoms in total. The van der Waals surface area contributed by atoms with Gasteiger partial charge in [-0.15, -0.1) is 0 Å². The highest BCUT2D eigenvalue weighted by Crippen LogP contribution is 2.31. The largest absolute Gasteiger partial charge is 0.235 e. The summed E-state index contributed by atoms with van der Waals surface area (Å²) in [6.07, 6.45) is 0.636. The summed E-state index contributed by atoms with van der Waals surface area (Å²) < 4.78 is 0. The summed E-state index contributed by atoms with van der Waals surface area (Å²) in [5.41, 5.74) is -0.777. The third-order valence-electron chi connectivity index (χ3n) is 2.24. The Balaban J connectivity index is 4.72. The minimum Gasteiger partial charge on any atom is -0.228 e. The summed E-state index contributed by atoms with van der Waals surface area (Å²) in [4.78, 5) is 21.9. The van der Waals surface area contributed by atoms with Gasteiger partial charge in [-0.3, -0.25) is 0 Å². The van der Waals surface area contributed by atoms with E-state index in [1.807, 2.05) is 62.3 Å². The second-order valence-corrected chi connectivity index (χ2v) is 6.88. The maximum Gasteiger partial charge on any atom is 0.235 e. The highest BCUT2D eigenvalue weighted by atomic mass is 17.3. The van der Waals surface area contributed by atoms with Gasteiger partial charge in [0, 0.05) is 12.3 Å². The third kappa shape index (κ3) is 6.69. The predicted molar refractivity (Wildman–Crippen MR) is 71.7 cm³/mol. The molecule has 0 N–H and O–H groups in total. The van der Waals surface area contributed by atoms with Gasteiger partial charge in [-0.05, 0) is 41.5 Å². The molecule has 0 aliphatic rings. The molecule has 0 heterocycles. The molecule has 110 valence electrons. The first-order valence-electron chi connectivity index (χ1n) is 6.65. The van der Waals surface area contributed by atoms with Crippen LogP contribution < -0.4 is 0 Å². The SMILES string of the molecule is CCC(OOC(C)(C)C)(OOC(C)(C)C)C(C)C. The van der Waals surface area contributed by atoms with Gasteiger partial charge in [-0.25, -0.2) is 9.78 Å². The van der Waals surface area contributed by atoms with Crippen LogP contribution in [0.15, 0.2) is 0 Å². The van der Waals surface area contributed by atoms with Crippen molar-refractivity contribution in [3.05, 3.63) is 0 Å². The van der Waals surface area contributed by atoms with E-state index in [0.717, 1.165) is 0 Å². The summed E-state index contributed by atoms with van der Waals surface area (Å²) in [6.45, 7) is 17.6. The Labute approximate surface area is 112 Å². The van der Waals surface area contributed by atoms with Crippen molar-refractivity contribution in [2.45, 2.75) is 85.7 Å². The molecule has 0 unspecified atom stereocenters. The fraction of sp³-hybridized carbons (Fsp3) is 1.00. The Morgan fingerprint density at radius 2 is 1.06 bits per heavy atom. The molecule has 0 bridgehead atoms. The van der Waals surface area contributed by atoms with Crippen molar-refractivity contribution in [2.75, 3.05) is 0 Å². The van der Waals surface area contributed by atoms with Crippen LogP contribution >= 0.6 is 0 Å². The fourth-order valence-electron chi connectivity index (χ4n) is 1.12. The molecule has 0 fully saturated rings. The summed E-state index contributed by atoms with van der Waals surface area (Å²) >= 11 is 0. The van der Waals surface area contributed by atoms with Gasteiger partial charge in [0.25, 0.3) is 0 Å². The summed E-state index contributed by atoms with van der Waals surface area (Å²) in [7, 11) is 0. The zero-order valence-corrected chi connectivity index (χ0v) is 13.4. The second-order valence-electron chi connectivity index (χ2n) is 6.88. The van der Waals surface area contributed by atoms with Crippen molar-refractivity contribution in [1.82, 2.24) is 0 Å². The molecular formula is C14H30O4. The quantitative estimate of drug-likeness (QED) is 0.407. The van der Waals surface area contributed by atoms with Crippen molar-refractivity contribution in [3.8, 4) is 0 Å². The summed E-state index contributed by atoms with van der Waals surface area (Å²) in [5.74, 6) is -0.784. The first-order chi connectivity index (χ1) is 7.92. The van der Waals surface area contributed by atoms with Gasteiger partial charge in [0.1, 0.15) is 0 Å². The lowest BCUT2D eigenvalue weighted by atomic mass is 10.0. The topological polar surface area (TPSA) is 36.9 Å². The number of rotatable bonds is 6. The van der Waals surface area contributed by atoms with E-state index >= 15 is 0 Å². The Kier molecular flexibility index (Phi) is 6.27. The number of hydrogen-bond acceptors (Lipinski definition) is 4.